The summed E-state index contributed by atoms with van der Waals surface area (Å²) >= 11 is 0. The second-order valence-corrected chi connectivity index (χ2v) is 14.5. The zero-order chi connectivity index (χ0) is 29.3. The van der Waals surface area contributed by atoms with Gasteiger partial charge in [-0.05, 0) is 68.6 Å². The Morgan fingerprint density at radius 3 is 2.51 bits per heavy atom. The van der Waals surface area contributed by atoms with Gasteiger partial charge in [0.1, 0.15) is 12.4 Å². The first-order valence-electron chi connectivity index (χ1n) is 14.4. The lowest BCUT2D eigenvalue weighted by atomic mass is 9.86. The first kappa shape index (κ1) is 29.4. The number of nitrogens with one attached hydrogen (secondary N) is 1. The number of methoxy groups -OCH3 is 1. The molecule has 0 spiro atoms. The van der Waals surface area contributed by atoms with Crippen molar-refractivity contribution < 1.29 is 27.4 Å². The molecule has 1 aromatic carbocycles. The van der Waals surface area contributed by atoms with E-state index in [0.29, 0.717) is 36.8 Å². The summed E-state index contributed by atoms with van der Waals surface area (Å²) in [6.45, 7) is 9.10. The van der Waals surface area contributed by atoms with Crippen LogP contribution < -0.4 is 18.9 Å². The summed E-state index contributed by atoms with van der Waals surface area (Å²) in [6.07, 6.45) is 10.4. The lowest BCUT2D eigenvalue weighted by Crippen LogP contribution is -2.39. The monoisotopic (exact) mass is 583 g/mol. The average molecular weight is 584 g/mol. The normalized spacial score (nSPS) is 23.0. The molecule has 1 aliphatic heterocycles. The van der Waals surface area contributed by atoms with Gasteiger partial charge in [0.05, 0.1) is 18.0 Å². The molecular weight excluding hydrogens is 542 g/mol. The van der Waals surface area contributed by atoms with Crippen molar-refractivity contribution in [2.75, 3.05) is 25.0 Å². The highest BCUT2D eigenvalue weighted by molar-refractivity contribution is 7.94. The van der Waals surface area contributed by atoms with Crippen molar-refractivity contribution >= 4 is 15.8 Å². The third kappa shape index (κ3) is 6.70. The van der Waals surface area contributed by atoms with Gasteiger partial charge < -0.3 is 18.9 Å². The zero-order valence-corrected chi connectivity index (χ0v) is 25.4. The summed E-state index contributed by atoms with van der Waals surface area (Å²) in [7, 11) is -2.41. The fraction of sp³-hybridized carbons (Fsp3) is 0.548. The molecule has 2 fully saturated rings. The Hall–Kier alpha value is -3.11. The minimum atomic E-state index is -3.96. The SMILES string of the molecule is COc1ccccc1Oc1c(NS(=O)(=O)C2(C)CC=CC(C(C)(C)C)=CC2)nc(C2CC2)nc1OCC1CCCO1. The van der Waals surface area contributed by atoms with Gasteiger partial charge in [-0.15, -0.1) is 0 Å². The van der Waals surface area contributed by atoms with Crippen LogP contribution in [-0.2, 0) is 14.8 Å². The molecule has 41 heavy (non-hydrogen) atoms. The Morgan fingerprint density at radius 2 is 1.85 bits per heavy atom. The van der Waals surface area contributed by atoms with Gasteiger partial charge in [-0.25, -0.2) is 13.4 Å². The predicted molar refractivity (Wildman–Crippen MR) is 158 cm³/mol. The van der Waals surface area contributed by atoms with Crippen molar-refractivity contribution in [2.24, 2.45) is 5.41 Å². The molecule has 0 radical (unpaired) electrons. The highest BCUT2D eigenvalue weighted by Gasteiger charge is 2.41. The van der Waals surface area contributed by atoms with E-state index in [-0.39, 0.29) is 41.5 Å². The molecule has 3 aliphatic rings. The zero-order valence-electron chi connectivity index (χ0n) is 24.6. The topological polar surface area (TPSA) is 109 Å². The fourth-order valence-electron chi connectivity index (χ4n) is 4.93. The summed E-state index contributed by atoms with van der Waals surface area (Å²) in [5.41, 5.74) is 1.02. The Bertz CT molecular complexity index is 1420. The Kier molecular flexibility index (Phi) is 8.34. The number of nitrogens with zero attached hydrogens (tertiary/aromatic N) is 2. The van der Waals surface area contributed by atoms with Gasteiger partial charge in [0.15, 0.2) is 17.3 Å². The maximum atomic E-state index is 14.1. The molecule has 2 aromatic rings. The van der Waals surface area contributed by atoms with E-state index in [9.17, 15) is 8.42 Å². The number of ether oxygens (including phenoxy) is 4. The minimum Gasteiger partial charge on any atom is -0.493 e. The number of anilines is 1. The van der Waals surface area contributed by atoms with Gasteiger partial charge in [0.25, 0.3) is 5.88 Å². The molecule has 222 valence electrons. The molecule has 2 atom stereocenters. The van der Waals surface area contributed by atoms with Crippen LogP contribution in [0.1, 0.15) is 78.0 Å². The molecule has 1 saturated heterocycles. The van der Waals surface area contributed by atoms with Crippen LogP contribution in [0.4, 0.5) is 5.82 Å². The number of aromatic nitrogens is 2. The second kappa shape index (κ2) is 11.6. The van der Waals surface area contributed by atoms with Crippen LogP contribution in [0.2, 0.25) is 0 Å². The molecule has 2 unspecified atom stereocenters. The molecule has 2 aliphatic carbocycles. The van der Waals surface area contributed by atoms with E-state index in [1.165, 1.54) is 0 Å². The number of benzene rings is 1. The predicted octanol–water partition coefficient (Wildman–Crippen LogP) is 6.54. The van der Waals surface area contributed by atoms with Crippen LogP contribution in [0.25, 0.3) is 0 Å². The van der Waals surface area contributed by atoms with Crippen LogP contribution in [-0.4, -0.2) is 49.6 Å². The number of hydrogen-bond acceptors (Lipinski definition) is 8. The summed E-state index contributed by atoms with van der Waals surface area (Å²) in [6, 6.07) is 7.15. The van der Waals surface area contributed by atoms with Crippen LogP contribution in [0.5, 0.6) is 23.1 Å². The van der Waals surface area contributed by atoms with E-state index in [2.05, 4.69) is 25.5 Å². The van der Waals surface area contributed by atoms with Crippen molar-refractivity contribution in [2.45, 2.75) is 83.0 Å². The van der Waals surface area contributed by atoms with Crippen molar-refractivity contribution in [3.05, 3.63) is 53.9 Å². The van der Waals surface area contributed by atoms with Gasteiger partial charge in [-0.2, -0.15) is 4.98 Å². The molecule has 2 heterocycles. The van der Waals surface area contributed by atoms with E-state index in [1.807, 2.05) is 30.4 Å². The first-order chi connectivity index (χ1) is 19.5. The molecule has 9 nitrogen and oxygen atoms in total. The lowest BCUT2D eigenvalue weighted by Gasteiger charge is -2.28. The van der Waals surface area contributed by atoms with Crippen LogP contribution in [0.3, 0.4) is 0 Å². The Balaban J connectivity index is 1.54. The molecule has 1 saturated carbocycles. The quantitative estimate of drug-likeness (QED) is 0.336. The van der Waals surface area contributed by atoms with Crippen molar-refractivity contribution in [3.8, 4) is 23.1 Å². The third-order valence-corrected chi connectivity index (χ3v) is 9.94. The maximum Gasteiger partial charge on any atom is 0.263 e. The van der Waals surface area contributed by atoms with Gasteiger partial charge in [-0.1, -0.05) is 51.1 Å². The summed E-state index contributed by atoms with van der Waals surface area (Å²) in [4.78, 5) is 9.41. The number of para-hydroxylation sites is 2. The van der Waals surface area contributed by atoms with Crippen LogP contribution in [0.15, 0.2) is 48.1 Å². The second-order valence-electron chi connectivity index (χ2n) is 12.3. The van der Waals surface area contributed by atoms with Gasteiger partial charge in [0.2, 0.25) is 15.8 Å². The van der Waals surface area contributed by atoms with Crippen molar-refractivity contribution in [3.63, 3.8) is 0 Å². The first-order valence-corrected chi connectivity index (χ1v) is 15.8. The number of hydrogen-bond donors (Lipinski definition) is 1. The third-order valence-electron chi connectivity index (χ3n) is 7.85. The highest BCUT2D eigenvalue weighted by atomic mass is 32.2. The largest absolute Gasteiger partial charge is 0.493 e. The summed E-state index contributed by atoms with van der Waals surface area (Å²) in [5, 5.41) is 0. The van der Waals surface area contributed by atoms with E-state index in [4.69, 9.17) is 28.9 Å². The van der Waals surface area contributed by atoms with Crippen molar-refractivity contribution in [1.29, 1.82) is 0 Å². The number of rotatable bonds is 10. The van der Waals surface area contributed by atoms with Crippen LogP contribution >= 0.6 is 0 Å². The van der Waals surface area contributed by atoms with Gasteiger partial charge >= 0.3 is 0 Å². The Labute approximate surface area is 243 Å². The molecule has 5 rings (SSSR count). The minimum absolute atomic E-state index is 0.0598. The fourth-order valence-corrected chi connectivity index (χ4v) is 6.19. The average Bonchev–Trinajstić information content (AvgIpc) is 3.69. The van der Waals surface area contributed by atoms with E-state index < -0.39 is 14.8 Å². The summed E-state index contributed by atoms with van der Waals surface area (Å²) < 4.78 is 53.7. The molecule has 10 heteroatoms. The molecule has 0 bridgehead atoms. The number of sulfonamides is 1. The number of allylic oxidation sites excluding steroid dienone is 4. The van der Waals surface area contributed by atoms with Gasteiger partial charge in [-0.3, -0.25) is 4.72 Å². The van der Waals surface area contributed by atoms with Gasteiger partial charge in [0, 0.05) is 12.5 Å². The maximum absolute atomic E-state index is 14.1. The molecule has 1 N–H and O–H groups in total. The summed E-state index contributed by atoms with van der Waals surface area (Å²) in [5.74, 6) is 1.90. The molecule has 1 aromatic heterocycles. The van der Waals surface area contributed by atoms with E-state index >= 15 is 0 Å². The van der Waals surface area contributed by atoms with E-state index in [1.54, 1.807) is 26.2 Å². The molecule has 0 amide bonds. The van der Waals surface area contributed by atoms with Crippen molar-refractivity contribution in [1.82, 2.24) is 9.97 Å². The highest BCUT2D eigenvalue weighted by Crippen LogP contribution is 2.46. The smallest absolute Gasteiger partial charge is 0.263 e. The molecular formula is C31H41N3O6S. The Morgan fingerprint density at radius 1 is 1.10 bits per heavy atom. The van der Waals surface area contributed by atoms with Crippen LogP contribution in [0, 0.1) is 5.41 Å². The van der Waals surface area contributed by atoms with E-state index in [0.717, 1.165) is 31.3 Å². The standard InChI is InChI=1S/C31H41N3O6S/c1-30(2,3)22-10-8-17-31(4,18-16-22)41(35,36)34-28-26(40-25-13-7-6-12-24(25)37-5)29(33-27(32-28)21-14-15-21)39-20-23-11-9-19-38-23/h6-8,10,12-13,16,21,23H,9,11,14-15,17-20H2,1-5H3,(H,32,33,34). The lowest BCUT2D eigenvalue weighted by molar-refractivity contribution is 0.0653.